The normalized spacial score (nSPS) is 11.0. The van der Waals surface area contributed by atoms with Crippen molar-refractivity contribution in [3.63, 3.8) is 0 Å². The van der Waals surface area contributed by atoms with Crippen LogP contribution in [0.15, 0.2) is 36.8 Å². The number of rotatable bonds is 4. The van der Waals surface area contributed by atoms with E-state index in [0.29, 0.717) is 5.56 Å². The molecular formula is C17H14F2N4O3. The van der Waals surface area contributed by atoms with E-state index in [1.54, 1.807) is 19.1 Å². The van der Waals surface area contributed by atoms with Gasteiger partial charge in [0.25, 0.3) is 12.3 Å². The maximum atomic E-state index is 13.4. The summed E-state index contributed by atoms with van der Waals surface area (Å²) in [6, 6.07) is 4.77. The van der Waals surface area contributed by atoms with E-state index in [1.165, 1.54) is 36.2 Å². The van der Waals surface area contributed by atoms with Crippen LogP contribution in [0.3, 0.4) is 0 Å². The molecule has 0 bridgehead atoms. The van der Waals surface area contributed by atoms with Crippen molar-refractivity contribution >= 4 is 23.2 Å². The van der Waals surface area contributed by atoms with Crippen LogP contribution in [0.4, 0.5) is 14.5 Å². The number of amides is 1. The van der Waals surface area contributed by atoms with Gasteiger partial charge in [-0.05, 0) is 18.6 Å². The molecule has 0 saturated carbocycles. The Morgan fingerprint density at radius 2 is 2.08 bits per heavy atom. The molecule has 26 heavy (non-hydrogen) atoms. The Hall–Kier alpha value is -3.36. The van der Waals surface area contributed by atoms with Crippen molar-refractivity contribution in [3.05, 3.63) is 59.3 Å². The highest BCUT2D eigenvalue weighted by atomic mass is 19.3. The fourth-order valence-electron chi connectivity index (χ4n) is 2.59. The molecule has 2 aromatic heterocycles. The van der Waals surface area contributed by atoms with Crippen molar-refractivity contribution in [1.29, 1.82) is 0 Å². The van der Waals surface area contributed by atoms with Gasteiger partial charge < -0.3 is 10.1 Å². The molecular weight excluding hydrogens is 346 g/mol. The molecule has 0 unspecified atom stereocenters. The number of carbonyl (C=O) groups excluding carboxylic acids is 2. The van der Waals surface area contributed by atoms with E-state index in [0.717, 1.165) is 0 Å². The highest BCUT2D eigenvalue weighted by molar-refractivity contribution is 6.08. The van der Waals surface area contributed by atoms with Crippen LogP contribution >= 0.6 is 0 Å². The molecule has 2 heterocycles. The zero-order valence-electron chi connectivity index (χ0n) is 13.9. The molecule has 0 saturated heterocycles. The monoisotopic (exact) mass is 360 g/mol. The number of nitrogens with zero attached hydrogens (tertiary/aromatic N) is 3. The summed E-state index contributed by atoms with van der Waals surface area (Å²) < 4.78 is 32.6. The van der Waals surface area contributed by atoms with Gasteiger partial charge in [0, 0.05) is 12.4 Å². The third-order valence-corrected chi connectivity index (χ3v) is 3.80. The molecule has 0 radical (unpaired) electrons. The fourth-order valence-corrected chi connectivity index (χ4v) is 2.59. The number of esters is 1. The molecule has 0 atom stereocenters. The van der Waals surface area contributed by atoms with Crippen molar-refractivity contribution in [2.75, 3.05) is 12.4 Å². The summed E-state index contributed by atoms with van der Waals surface area (Å²) in [6.45, 7) is 1.68. The summed E-state index contributed by atoms with van der Waals surface area (Å²) in [7, 11) is 1.21. The number of fused-ring (bicyclic) bond motifs is 1. The zero-order valence-corrected chi connectivity index (χ0v) is 13.9. The van der Waals surface area contributed by atoms with Crippen LogP contribution in [0.5, 0.6) is 0 Å². The quantitative estimate of drug-likeness (QED) is 0.723. The number of ether oxygens (including phenoxy) is 1. The average Bonchev–Trinajstić information content (AvgIpc) is 3.02. The van der Waals surface area contributed by atoms with Gasteiger partial charge in [-0.1, -0.05) is 12.1 Å². The van der Waals surface area contributed by atoms with E-state index in [4.69, 9.17) is 4.74 Å². The summed E-state index contributed by atoms with van der Waals surface area (Å²) in [4.78, 5) is 32.3. The third-order valence-electron chi connectivity index (χ3n) is 3.80. The summed E-state index contributed by atoms with van der Waals surface area (Å²) >= 11 is 0. The average molecular weight is 360 g/mol. The first-order valence-electron chi connectivity index (χ1n) is 7.53. The number of aryl methyl sites for hydroxylation is 1. The molecule has 9 heteroatoms. The number of alkyl halides is 2. The molecule has 1 N–H and O–H groups in total. The number of halogens is 2. The van der Waals surface area contributed by atoms with Gasteiger partial charge in [-0.2, -0.15) is 0 Å². The fraction of sp³-hybridized carbons (Fsp3) is 0.176. The predicted molar refractivity (Wildman–Crippen MR) is 88.4 cm³/mol. The number of nitrogens with one attached hydrogen (secondary N) is 1. The number of aromatic nitrogens is 3. The van der Waals surface area contributed by atoms with Crippen molar-refractivity contribution in [3.8, 4) is 0 Å². The highest BCUT2D eigenvalue weighted by Gasteiger charge is 2.27. The zero-order chi connectivity index (χ0) is 18.8. The molecule has 134 valence electrons. The molecule has 3 aromatic rings. The van der Waals surface area contributed by atoms with Crippen LogP contribution in [0.2, 0.25) is 0 Å². The van der Waals surface area contributed by atoms with Gasteiger partial charge in [0.05, 0.1) is 24.6 Å². The van der Waals surface area contributed by atoms with Crippen molar-refractivity contribution in [2.24, 2.45) is 0 Å². The largest absolute Gasteiger partial charge is 0.465 e. The Morgan fingerprint density at radius 1 is 1.31 bits per heavy atom. The molecule has 7 nitrogen and oxygen atoms in total. The van der Waals surface area contributed by atoms with Gasteiger partial charge in [0.1, 0.15) is 11.4 Å². The SMILES string of the molecule is COC(=O)c1cccc(C)c1NC(=O)c1c(C(F)F)nc2cnccn12. The topological polar surface area (TPSA) is 85.6 Å². The maximum absolute atomic E-state index is 13.4. The lowest BCUT2D eigenvalue weighted by Crippen LogP contribution is -2.19. The Labute approximate surface area is 146 Å². The Morgan fingerprint density at radius 3 is 2.77 bits per heavy atom. The smallest absolute Gasteiger partial charge is 0.339 e. The minimum atomic E-state index is -2.95. The Bertz CT molecular complexity index is 1000. The van der Waals surface area contributed by atoms with E-state index in [9.17, 15) is 18.4 Å². The number of benzene rings is 1. The molecule has 3 rings (SSSR count). The molecule has 0 aliphatic rings. The molecule has 0 aliphatic heterocycles. The van der Waals surface area contributed by atoms with Gasteiger partial charge in [-0.15, -0.1) is 0 Å². The highest BCUT2D eigenvalue weighted by Crippen LogP contribution is 2.26. The first-order valence-corrected chi connectivity index (χ1v) is 7.53. The van der Waals surface area contributed by atoms with Crippen molar-refractivity contribution < 1.29 is 23.1 Å². The van der Waals surface area contributed by atoms with E-state index < -0.39 is 24.0 Å². The first kappa shape index (κ1) is 17.5. The van der Waals surface area contributed by atoms with Crippen molar-refractivity contribution in [2.45, 2.75) is 13.3 Å². The lowest BCUT2D eigenvalue weighted by Gasteiger charge is -2.13. The second-order valence-electron chi connectivity index (χ2n) is 5.39. The predicted octanol–water partition coefficient (Wildman–Crippen LogP) is 3.01. The number of imidazole rings is 1. The second kappa shape index (κ2) is 6.87. The first-order chi connectivity index (χ1) is 12.4. The number of para-hydroxylation sites is 1. The third kappa shape index (κ3) is 2.99. The standard InChI is InChI=1S/C17H14F2N4O3/c1-9-4-3-5-10(17(25)26-2)12(9)22-16(24)14-13(15(18)19)21-11-8-20-6-7-23(11)14/h3-8,15H,1-2H3,(H,22,24). The van der Waals surface area contributed by atoms with Crippen molar-refractivity contribution in [1.82, 2.24) is 14.4 Å². The molecule has 0 aliphatic carbocycles. The van der Waals surface area contributed by atoms with Crippen LogP contribution < -0.4 is 5.32 Å². The van der Waals surface area contributed by atoms with Gasteiger partial charge in [-0.25, -0.2) is 18.6 Å². The van der Waals surface area contributed by atoms with E-state index >= 15 is 0 Å². The van der Waals surface area contributed by atoms with Gasteiger partial charge in [0.2, 0.25) is 0 Å². The lowest BCUT2D eigenvalue weighted by molar-refractivity contribution is 0.0602. The van der Waals surface area contributed by atoms with Crippen LogP contribution in [0.25, 0.3) is 5.65 Å². The van der Waals surface area contributed by atoms with E-state index in [2.05, 4.69) is 15.3 Å². The lowest BCUT2D eigenvalue weighted by atomic mass is 10.1. The minimum Gasteiger partial charge on any atom is -0.465 e. The van der Waals surface area contributed by atoms with Gasteiger partial charge >= 0.3 is 5.97 Å². The summed E-state index contributed by atoms with van der Waals surface area (Å²) in [5, 5.41) is 2.53. The molecule has 1 amide bonds. The number of hydrogen-bond donors (Lipinski definition) is 1. The number of anilines is 1. The number of carbonyl (C=O) groups is 2. The van der Waals surface area contributed by atoms with Crippen LogP contribution in [-0.4, -0.2) is 33.4 Å². The molecule has 1 aromatic carbocycles. The van der Waals surface area contributed by atoms with Crippen LogP contribution in [0, 0.1) is 6.92 Å². The summed E-state index contributed by atoms with van der Waals surface area (Å²) in [5.74, 6) is -1.47. The van der Waals surface area contributed by atoms with Crippen LogP contribution in [-0.2, 0) is 4.74 Å². The number of methoxy groups -OCH3 is 1. The Kier molecular flexibility index (Phi) is 4.61. The maximum Gasteiger partial charge on any atom is 0.339 e. The van der Waals surface area contributed by atoms with E-state index in [1.807, 2.05) is 0 Å². The second-order valence-corrected chi connectivity index (χ2v) is 5.39. The number of hydrogen-bond acceptors (Lipinski definition) is 5. The van der Waals surface area contributed by atoms with Gasteiger partial charge in [-0.3, -0.25) is 14.2 Å². The summed E-state index contributed by atoms with van der Waals surface area (Å²) in [6.07, 6.45) is 1.04. The molecule has 0 fully saturated rings. The van der Waals surface area contributed by atoms with Crippen LogP contribution in [0.1, 0.15) is 38.5 Å². The summed E-state index contributed by atoms with van der Waals surface area (Å²) in [5.41, 5.74) is 0.0185. The Balaban J connectivity index is 2.09. The molecule has 0 spiro atoms. The minimum absolute atomic E-state index is 0.117. The van der Waals surface area contributed by atoms with E-state index in [-0.39, 0.29) is 22.6 Å². The van der Waals surface area contributed by atoms with Gasteiger partial charge in [0.15, 0.2) is 5.65 Å².